The van der Waals surface area contributed by atoms with Crippen LogP contribution in [-0.4, -0.2) is 29.7 Å². The Balaban J connectivity index is 1.78. The van der Waals surface area contributed by atoms with Gasteiger partial charge in [-0.25, -0.2) is 9.18 Å². The minimum absolute atomic E-state index is 0.00575. The quantitative estimate of drug-likeness (QED) is 0.889. The second-order valence-corrected chi connectivity index (χ2v) is 7.15. The molecule has 0 radical (unpaired) electrons. The van der Waals surface area contributed by atoms with Crippen LogP contribution >= 0.6 is 0 Å². The molecule has 0 spiro atoms. The molecule has 1 aliphatic rings. The summed E-state index contributed by atoms with van der Waals surface area (Å²) in [6.45, 7) is 5.46. The molecular formula is C18H25FN2O3. The van der Waals surface area contributed by atoms with Crippen molar-refractivity contribution in [1.29, 1.82) is 0 Å². The molecule has 1 aliphatic carbocycles. The highest BCUT2D eigenvalue weighted by Crippen LogP contribution is 2.20. The molecule has 132 valence electrons. The lowest BCUT2D eigenvalue weighted by Gasteiger charge is -2.30. The molecule has 24 heavy (non-hydrogen) atoms. The number of carbonyl (C=O) groups excluding carboxylic acids is 2. The maximum absolute atomic E-state index is 13.6. The van der Waals surface area contributed by atoms with Crippen LogP contribution in [0.2, 0.25) is 0 Å². The second-order valence-electron chi connectivity index (χ2n) is 7.15. The van der Waals surface area contributed by atoms with E-state index in [4.69, 9.17) is 4.74 Å². The van der Waals surface area contributed by atoms with E-state index < -0.39 is 23.4 Å². The molecular weight excluding hydrogens is 311 g/mol. The molecule has 0 atom stereocenters. The zero-order valence-electron chi connectivity index (χ0n) is 14.4. The Labute approximate surface area is 142 Å². The van der Waals surface area contributed by atoms with E-state index in [0.717, 1.165) is 25.7 Å². The van der Waals surface area contributed by atoms with Crippen molar-refractivity contribution >= 4 is 12.0 Å². The number of hydrogen-bond acceptors (Lipinski definition) is 3. The van der Waals surface area contributed by atoms with Crippen molar-refractivity contribution in [3.05, 3.63) is 35.6 Å². The average Bonchev–Trinajstić information content (AvgIpc) is 2.47. The first-order valence-corrected chi connectivity index (χ1v) is 8.29. The SMILES string of the molecule is CC(C)(C)OC(=O)NC1CCC(NC(=O)c2ccccc2F)CC1. The third kappa shape index (κ3) is 5.51. The third-order valence-electron chi connectivity index (χ3n) is 3.90. The first-order chi connectivity index (χ1) is 11.2. The molecule has 0 aliphatic heterocycles. The fourth-order valence-corrected chi connectivity index (χ4v) is 2.76. The van der Waals surface area contributed by atoms with Gasteiger partial charge < -0.3 is 15.4 Å². The summed E-state index contributed by atoms with van der Waals surface area (Å²) >= 11 is 0. The Kier molecular flexibility index (Phi) is 5.80. The van der Waals surface area contributed by atoms with Crippen molar-refractivity contribution in [2.75, 3.05) is 0 Å². The largest absolute Gasteiger partial charge is 0.444 e. The predicted molar refractivity (Wildman–Crippen MR) is 89.3 cm³/mol. The predicted octanol–water partition coefficient (Wildman–Crippen LogP) is 3.39. The van der Waals surface area contributed by atoms with E-state index in [9.17, 15) is 14.0 Å². The minimum Gasteiger partial charge on any atom is -0.444 e. The topological polar surface area (TPSA) is 67.4 Å². The monoisotopic (exact) mass is 336 g/mol. The Morgan fingerprint density at radius 1 is 1.04 bits per heavy atom. The van der Waals surface area contributed by atoms with Crippen molar-refractivity contribution in [2.24, 2.45) is 0 Å². The van der Waals surface area contributed by atoms with Gasteiger partial charge in [0.2, 0.25) is 0 Å². The molecule has 1 fully saturated rings. The summed E-state index contributed by atoms with van der Waals surface area (Å²) in [6, 6.07) is 5.98. The van der Waals surface area contributed by atoms with Crippen molar-refractivity contribution < 1.29 is 18.7 Å². The number of halogens is 1. The maximum atomic E-state index is 13.6. The van der Waals surface area contributed by atoms with Crippen molar-refractivity contribution in [1.82, 2.24) is 10.6 Å². The van der Waals surface area contributed by atoms with Crippen LogP contribution in [0.1, 0.15) is 56.8 Å². The van der Waals surface area contributed by atoms with E-state index in [0.29, 0.717) is 0 Å². The van der Waals surface area contributed by atoms with Gasteiger partial charge in [0.15, 0.2) is 0 Å². The molecule has 5 nitrogen and oxygen atoms in total. The van der Waals surface area contributed by atoms with E-state index in [-0.39, 0.29) is 17.6 Å². The molecule has 2 amide bonds. The number of nitrogens with one attached hydrogen (secondary N) is 2. The van der Waals surface area contributed by atoms with Crippen LogP contribution in [0.15, 0.2) is 24.3 Å². The molecule has 2 N–H and O–H groups in total. The van der Waals surface area contributed by atoms with Gasteiger partial charge in [0.1, 0.15) is 11.4 Å². The van der Waals surface area contributed by atoms with Gasteiger partial charge >= 0.3 is 6.09 Å². The van der Waals surface area contributed by atoms with E-state index in [1.54, 1.807) is 12.1 Å². The average molecular weight is 336 g/mol. The van der Waals surface area contributed by atoms with Gasteiger partial charge in [-0.15, -0.1) is 0 Å². The lowest BCUT2D eigenvalue weighted by molar-refractivity contribution is 0.0488. The Morgan fingerprint density at radius 2 is 1.58 bits per heavy atom. The molecule has 0 heterocycles. The van der Waals surface area contributed by atoms with Crippen molar-refractivity contribution in [2.45, 2.75) is 64.1 Å². The Hall–Kier alpha value is -2.11. The van der Waals surface area contributed by atoms with E-state index in [2.05, 4.69) is 10.6 Å². The third-order valence-corrected chi connectivity index (χ3v) is 3.90. The van der Waals surface area contributed by atoms with E-state index in [1.807, 2.05) is 20.8 Å². The summed E-state index contributed by atoms with van der Waals surface area (Å²) in [4.78, 5) is 23.9. The Bertz CT molecular complexity index is 590. The molecule has 0 bridgehead atoms. The fourth-order valence-electron chi connectivity index (χ4n) is 2.76. The molecule has 6 heteroatoms. The van der Waals surface area contributed by atoms with Gasteiger partial charge in [-0.05, 0) is 58.6 Å². The molecule has 1 saturated carbocycles. The second kappa shape index (κ2) is 7.64. The summed E-state index contributed by atoms with van der Waals surface area (Å²) in [7, 11) is 0. The van der Waals surface area contributed by atoms with E-state index >= 15 is 0 Å². The van der Waals surface area contributed by atoms with Gasteiger partial charge in [0.05, 0.1) is 5.56 Å². The highest BCUT2D eigenvalue weighted by atomic mass is 19.1. The maximum Gasteiger partial charge on any atom is 0.407 e. The van der Waals surface area contributed by atoms with Crippen molar-refractivity contribution in [3.63, 3.8) is 0 Å². The number of hydrogen-bond donors (Lipinski definition) is 2. The number of amides is 2. The first-order valence-electron chi connectivity index (χ1n) is 8.29. The van der Waals surface area contributed by atoms with Crippen LogP contribution in [0.5, 0.6) is 0 Å². The zero-order chi connectivity index (χ0) is 17.7. The molecule has 1 aromatic carbocycles. The summed E-state index contributed by atoms with van der Waals surface area (Å²) < 4.78 is 18.9. The van der Waals surface area contributed by atoms with E-state index in [1.165, 1.54) is 12.1 Å². The van der Waals surface area contributed by atoms with Gasteiger partial charge in [0, 0.05) is 12.1 Å². The zero-order valence-corrected chi connectivity index (χ0v) is 14.4. The molecule has 1 aromatic rings. The standard InChI is InChI=1S/C18H25FN2O3/c1-18(2,3)24-17(23)21-13-10-8-12(9-11-13)20-16(22)14-6-4-5-7-15(14)19/h4-7,12-13H,8-11H2,1-3H3,(H,20,22)(H,21,23). The molecule has 2 rings (SSSR count). The van der Waals surface area contributed by atoms with Crippen LogP contribution in [0.4, 0.5) is 9.18 Å². The number of ether oxygens (including phenoxy) is 1. The summed E-state index contributed by atoms with van der Waals surface area (Å²) in [5.74, 6) is -0.910. The highest BCUT2D eigenvalue weighted by Gasteiger charge is 2.26. The van der Waals surface area contributed by atoms with Gasteiger partial charge in [-0.1, -0.05) is 12.1 Å². The molecule has 0 saturated heterocycles. The number of rotatable bonds is 3. The van der Waals surface area contributed by atoms with Crippen LogP contribution in [0.3, 0.4) is 0 Å². The molecule has 0 aromatic heterocycles. The lowest BCUT2D eigenvalue weighted by atomic mass is 9.91. The molecule has 0 unspecified atom stereocenters. The summed E-state index contributed by atoms with van der Waals surface area (Å²) in [5.41, 5.74) is -0.457. The first kappa shape index (κ1) is 18.2. The van der Waals surface area contributed by atoms with Crippen LogP contribution in [-0.2, 0) is 4.74 Å². The summed E-state index contributed by atoms with van der Waals surface area (Å²) in [5, 5.41) is 5.72. The fraction of sp³-hybridized carbons (Fsp3) is 0.556. The minimum atomic E-state index is -0.519. The Morgan fingerprint density at radius 3 is 2.12 bits per heavy atom. The highest BCUT2D eigenvalue weighted by molar-refractivity contribution is 5.94. The van der Waals surface area contributed by atoms with Gasteiger partial charge in [0.25, 0.3) is 5.91 Å². The van der Waals surface area contributed by atoms with Crippen LogP contribution in [0.25, 0.3) is 0 Å². The summed E-state index contributed by atoms with van der Waals surface area (Å²) in [6.07, 6.45) is 2.56. The van der Waals surface area contributed by atoms with Crippen LogP contribution < -0.4 is 10.6 Å². The number of benzene rings is 1. The van der Waals surface area contributed by atoms with Gasteiger partial charge in [-0.3, -0.25) is 4.79 Å². The van der Waals surface area contributed by atoms with Gasteiger partial charge in [-0.2, -0.15) is 0 Å². The lowest BCUT2D eigenvalue weighted by Crippen LogP contribution is -2.45. The van der Waals surface area contributed by atoms with Crippen LogP contribution in [0, 0.1) is 5.82 Å². The van der Waals surface area contributed by atoms with Crippen molar-refractivity contribution in [3.8, 4) is 0 Å². The number of alkyl carbamates (subject to hydrolysis) is 1. The normalized spacial score (nSPS) is 21.0. The number of carbonyl (C=O) groups is 2. The smallest absolute Gasteiger partial charge is 0.407 e.